The number of rotatable bonds is 6. The van der Waals surface area contributed by atoms with Gasteiger partial charge in [-0.1, -0.05) is 0 Å². The lowest BCUT2D eigenvalue weighted by Gasteiger charge is -2.20. The summed E-state index contributed by atoms with van der Waals surface area (Å²) in [4.78, 5) is 12.0. The number of aliphatic hydroxyl groups excluding tert-OH is 1. The van der Waals surface area contributed by atoms with Crippen molar-refractivity contribution >= 4 is 17.5 Å². The lowest BCUT2D eigenvalue weighted by Crippen LogP contribution is -2.37. The van der Waals surface area contributed by atoms with Crippen molar-refractivity contribution in [3.8, 4) is 0 Å². The van der Waals surface area contributed by atoms with Gasteiger partial charge in [-0.25, -0.2) is 8.78 Å². The van der Waals surface area contributed by atoms with Crippen LogP contribution >= 0.6 is 11.6 Å². The molecule has 0 bridgehead atoms. The molecule has 0 saturated carbocycles. The van der Waals surface area contributed by atoms with Gasteiger partial charge in [0.25, 0.3) is 6.43 Å². The van der Waals surface area contributed by atoms with Gasteiger partial charge in [-0.2, -0.15) is 0 Å². The minimum absolute atomic E-state index is 0.0221. The smallest absolute Gasteiger partial charge is 0.255 e. The Balaban J connectivity index is 3.98. The van der Waals surface area contributed by atoms with E-state index in [1.165, 1.54) is 0 Å². The summed E-state index contributed by atoms with van der Waals surface area (Å²) in [5, 5.41) is 8.49. The van der Waals surface area contributed by atoms with E-state index >= 15 is 0 Å². The molecule has 0 saturated heterocycles. The van der Waals surface area contributed by atoms with E-state index in [-0.39, 0.29) is 25.5 Å². The molecular weight excluding hydrogens is 204 g/mol. The zero-order valence-corrected chi connectivity index (χ0v) is 7.81. The van der Waals surface area contributed by atoms with E-state index in [1.54, 1.807) is 0 Å². The molecule has 0 fully saturated rings. The zero-order chi connectivity index (χ0) is 10.3. The predicted octanol–water partition coefficient (Wildman–Crippen LogP) is 0.701. The van der Waals surface area contributed by atoms with Crippen LogP contribution in [0, 0.1) is 0 Å². The first-order valence-corrected chi connectivity index (χ1v) is 4.38. The van der Waals surface area contributed by atoms with Gasteiger partial charge in [0.05, 0.1) is 13.2 Å². The average Bonchev–Trinajstić information content (AvgIpc) is 2.03. The van der Waals surface area contributed by atoms with Gasteiger partial charge in [0.15, 0.2) is 0 Å². The summed E-state index contributed by atoms with van der Waals surface area (Å²) in [6.45, 7) is -1.03. The Morgan fingerprint density at radius 3 is 2.54 bits per heavy atom. The highest BCUT2D eigenvalue weighted by atomic mass is 35.5. The van der Waals surface area contributed by atoms with E-state index in [1.807, 2.05) is 0 Å². The molecule has 0 rings (SSSR count). The first kappa shape index (κ1) is 12.6. The molecule has 0 unspecified atom stereocenters. The fraction of sp³-hybridized carbons (Fsp3) is 0.857. The van der Waals surface area contributed by atoms with Gasteiger partial charge in [-0.15, -0.1) is 11.6 Å². The monoisotopic (exact) mass is 215 g/mol. The SMILES string of the molecule is O=C(CCCl)N(CCO)CC(F)F. The molecule has 0 aliphatic heterocycles. The van der Waals surface area contributed by atoms with Crippen LogP contribution in [0.15, 0.2) is 0 Å². The van der Waals surface area contributed by atoms with E-state index in [9.17, 15) is 13.6 Å². The first-order valence-electron chi connectivity index (χ1n) is 3.84. The standard InChI is InChI=1S/C7H12ClF2NO2/c8-2-1-7(13)11(3-4-12)5-6(9)10/h6,12H,1-5H2. The van der Waals surface area contributed by atoms with Crippen LogP contribution in [0.5, 0.6) is 0 Å². The summed E-state index contributed by atoms with van der Waals surface area (Å²) in [5.74, 6) is -0.353. The largest absolute Gasteiger partial charge is 0.395 e. The average molecular weight is 216 g/mol. The molecule has 0 aliphatic carbocycles. The third-order valence-electron chi connectivity index (χ3n) is 1.39. The maximum absolute atomic E-state index is 11.9. The number of carbonyl (C=O) groups is 1. The summed E-state index contributed by atoms with van der Waals surface area (Å²) >= 11 is 5.28. The summed E-state index contributed by atoms with van der Waals surface area (Å²) in [6, 6.07) is 0. The molecule has 78 valence electrons. The Bertz CT molecular complexity index is 157. The van der Waals surface area contributed by atoms with Crippen LogP contribution in [-0.2, 0) is 4.79 Å². The Labute approximate surface area is 80.3 Å². The number of carbonyl (C=O) groups excluding carboxylic acids is 1. The first-order chi connectivity index (χ1) is 6.11. The molecule has 0 atom stereocenters. The number of alkyl halides is 3. The molecule has 13 heavy (non-hydrogen) atoms. The van der Waals surface area contributed by atoms with E-state index in [2.05, 4.69) is 0 Å². The number of halogens is 3. The van der Waals surface area contributed by atoms with Gasteiger partial charge in [0.2, 0.25) is 5.91 Å². The van der Waals surface area contributed by atoms with E-state index in [0.717, 1.165) is 4.90 Å². The molecule has 3 nitrogen and oxygen atoms in total. The predicted molar refractivity (Wildman–Crippen MR) is 45.0 cm³/mol. The maximum Gasteiger partial charge on any atom is 0.255 e. The van der Waals surface area contributed by atoms with Crippen LogP contribution in [-0.4, -0.2) is 47.9 Å². The third kappa shape index (κ3) is 5.76. The van der Waals surface area contributed by atoms with E-state index < -0.39 is 18.9 Å². The van der Waals surface area contributed by atoms with Crippen molar-refractivity contribution in [1.82, 2.24) is 4.90 Å². The van der Waals surface area contributed by atoms with Crippen LogP contribution in [0.3, 0.4) is 0 Å². The lowest BCUT2D eigenvalue weighted by atomic mass is 10.3. The van der Waals surface area contributed by atoms with Crippen LogP contribution in [0.1, 0.15) is 6.42 Å². The molecule has 0 aliphatic rings. The Morgan fingerprint density at radius 2 is 2.15 bits per heavy atom. The summed E-state index contributed by atoms with van der Waals surface area (Å²) in [7, 11) is 0. The van der Waals surface area contributed by atoms with Crippen molar-refractivity contribution in [2.24, 2.45) is 0 Å². The van der Waals surface area contributed by atoms with Crippen LogP contribution < -0.4 is 0 Å². The van der Waals surface area contributed by atoms with Gasteiger partial charge in [0.1, 0.15) is 0 Å². The molecule has 6 heteroatoms. The molecule has 0 aromatic rings. The molecule has 0 aromatic heterocycles. The third-order valence-corrected chi connectivity index (χ3v) is 1.58. The number of hydrogen-bond acceptors (Lipinski definition) is 2. The highest BCUT2D eigenvalue weighted by Crippen LogP contribution is 2.01. The second-order valence-corrected chi connectivity index (χ2v) is 2.77. The fourth-order valence-electron chi connectivity index (χ4n) is 0.844. The Kier molecular flexibility index (Phi) is 6.80. The Morgan fingerprint density at radius 1 is 1.54 bits per heavy atom. The molecular formula is C7H12ClF2NO2. The number of hydrogen-bond donors (Lipinski definition) is 1. The zero-order valence-electron chi connectivity index (χ0n) is 7.05. The lowest BCUT2D eigenvalue weighted by molar-refractivity contribution is -0.133. The molecule has 0 spiro atoms. The second kappa shape index (κ2) is 7.03. The van der Waals surface area contributed by atoms with Gasteiger partial charge in [0, 0.05) is 18.8 Å². The number of nitrogens with zero attached hydrogens (tertiary/aromatic N) is 1. The Hall–Kier alpha value is -0.420. The van der Waals surface area contributed by atoms with Gasteiger partial charge in [-0.3, -0.25) is 4.79 Å². The van der Waals surface area contributed by atoms with Gasteiger partial charge in [-0.05, 0) is 0 Å². The van der Waals surface area contributed by atoms with E-state index in [4.69, 9.17) is 16.7 Å². The number of aliphatic hydroxyl groups is 1. The highest BCUT2D eigenvalue weighted by molar-refractivity contribution is 6.18. The normalized spacial score (nSPS) is 10.5. The summed E-state index contributed by atoms with van der Waals surface area (Å²) in [5.41, 5.74) is 0. The van der Waals surface area contributed by atoms with Crippen molar-refractivity contribution < 1.29 is 18.7 Å². The van der Waals surface area contributed by atoms with Crippen LogP contribution in [0.2, 0.25) is 0 Å². The quantitative estimate of drug-likeness (QED) is 0.663. The molecule has 0 radical (unpaired) electrons. The van der Waals surface area contributed by atoms with Crippen LogP contribution in [0.4, 0.5) is 8.78 Å². The molecule has 1 amide bonds. The topological polar surface area (TPSA) is 40.5 Å². The van der Waals surface area contributed by atoms with Crippen molar-refractivity contribution in [3.63, 3.8) is 0 Å². The maximum atomic E-state index is 11.9. The molecule has 1 N–H and O–H groups in total. The van der Waals surface area contributed by atoms with Crippen LogP contribution in [0.25, 0.3) is 0 Å². The highest BCUT2D eigenvalue weighted by Gasteiger charge is 2.16. The van der Waals surface area contributed by atoms with Crippen molar-refractivity contribution in [1.29, 1.82) is 0 Å². The minimum atomic E-state index is -2.58. The second-order valence-electron chi connectivity index (χ2n) is 2.39. The summed E-state index contributed by atoms with van der Waals surface area (Å²) in [6.07, 6.45) is -2.56. The number of amides is 1. The van der Waals surface area contributed by atoms with Crippen molar-refractivity contribution in [2.45, 2.75) is 12.8 Å². The molecule has 0 heterocycles. The van der Waals surface area contributed by atoms with Gasteiger partial charge < -0.3 is 10.0 Å². The van der Waals surface area contributed by atoms with Gasteiger partial charge >= 0.3 is 0 Å². The summed E-state index contributed by atoms with van der Waals surface area (Å²) < 4.78 is 23.8. The molecule has 0 aromatic carbocycles. The van der Waals surface area contributed by atoms with Crippen molar-refractivity contribution in [2.75, 3.05) is 25.6 Å². The van der Waals surface area contributed by atoms with E-state index in [0.29, 0.717) is 0 Å². The minimum Gasteiger partial charge on any atom is -0.395 e. The van der Waals surface area contributed by atoms with Crippen molar-refractivity contribution in [3.05, 3.63) is 0 Å². The fourth-order valence-corrected chi connectivity index (χ4v) is 1.01.